The molecule has 1 aliphatic carbocycles. The molecule has 1 aromatic carbocycles. The van der Waals surface area contributed by atoms with Crippen molar-refractivity contribution in [1.29, 1.82) is 0 Å². The lowest BCUT2D eigenvalue weighted by atomic mass is 10.1. The number of nitrogens with one attached hydrogen (secondary N) is 2. The lowest BCUT2D eigenvalue weighted by Gasteiger charge is -2.12. The van der Waals surface area contributed by atoms with Gasteiger partial charge in [-0.05, 0) is 36.2 Å². The summed E-state index contributed by atoms with van der Waals surface area (Å²) < 4.78 is 3.28. The normalized spacial score (nSPS) is 19.8. The number of nitrogens with zero attached hydrogens (tertiary/aromatic N) is 2. The van der Waals surface area contributed by atoms with Gasteiger partial charge < -0.3 is 15.2 Å². The van der Waals surface area contributed by atoms with Crippen molar-refractivity contribution in [3.63, 3.8) is 0 Å². The maximum Gasteiger partial charge on any atom is 0.191 e. The lowest BCUT2D eigenvalue weighted by Crippen LogP contribution is -2.40. The number of hydrogen-bond acceptors (Lipinski definition) is 1. The Morgan fingerprint density at radius 1 is 1.26 bits per heavy atom. The van der Waals surface area contributed by atoms with E-state index in [1.54, 1.807) is 0 Å². The molecule has 2 aromatic rings. The number of guanidine groups is 1. The summed E-state index contributed by atoms with van der Waals surface area (Å²) in [6, 6.07) is 13.2. The molecule has 4 nitrogen and oxygen atoms in total. The van der Waals surface area contributed by atoms with Crippen LogP contribution in [0.25, 0.3) is 0 Å². The van der Waals surface area contributed by atoms with E-state index < -0.39 is 0 Å². The average molecular weight is 489 g/mol. The van der Waals surface area contributed by atoms with Gasteiger partial charge in [-0.15, -0.1) is 24.0 Å². The first-order valence-corrected chi connectivity index (χ1v) is 8.39. The maximum absolute atomic E-state index is 4.31. The van der Waals surface area contributed by atoms with Crippen LogP contribution in [0.3, 0.4) is 0 Å². The van der Waals surface area contributed by atoms with Gasteiger partial charge in [0.1, 0.15) is 0 Å². The monoisotopic (exact) mass is 488 g/mol. The number of hydrogen-bond donors (Lipinski definition) is 2. The molecule has 0 saturated heterocycles. The summed E-state index contributed by atoms with van der Waals surface area (Å²) in [5, 5.41) is 6.87. The summed E-state index contributed by atoms with van der Waals surface area (Å²) in [6.45, 7) is 1.80. The zero-order valence-electron chi connectivity index (χ0n) is 13.1. The minimum absolute atomic E-state index is 0. The van der Waals surface area contributed by atoms with Crippen molar-refractivity contribution in [3.05, 3.63) is 58.8 Å². The zero-order valence-corrected chi connectivity index (χ0v) is 17.0. The Kier molecular flexibility index (Phi) is 6.95. The van der Waals surface area contributed by atoms with Crippen LogP contribution in [-0.4, -0.2) is 30.2 Å². The topological polar surface area (TPSA) is 41.4 Å². The lowest BCUT2D eigenvalue weighted by molar-refractivity contribution is 0.664. The molecule has 1 fully saturated rings. The second-order valence-corrected chi connectivity index (χ2v) is 6.48. The van der Waals surface area contributed by atoms with Crippen molar-refractivity contribution >= 4 is 45.9 Å². The molecule has 23 heavy (non-hydrogen) atoms. The van der Waals surface area contributed by atoms with Gasteiger partial charge in [0.2, 0.25) is 0 Å². The first-order chi connectivity index (χ1) is 10.8. The van der Waals surface area contributed by atoms with Gasteiger partial charge in [-0.3, -0.25) is 4.99 Å². The summed E-state index contributed by atoms with van der Waals surface area (Å²) in [5.41, 5.74) is 1.39. The molecule has 1 heterocycles. The van der Waals surface area contributed by atoms with Crippen LogP contribution >= 0.6 is 39.9 Å². The molecule has 1 aliphatic rings. The predicted octanol–water partition coefficient (Wildman–Crippen LogP) is 3.59. The van der Waals surface area contributed by atoms with Gasteiger partial charge in [0.25, 0.3) is 0 Å². The fraction of sp³-hybridized carbons (Fsp3) is 0.353. The van der Waals surface area contributed by atoms with Gasteiger partial charge in [-0.2, -0.15) is 0 Å². The highest BCUT2D eigenvalue weighted by Crippen LogP contribution is 2.40. The largest absolute Gasteiger partial charge is 0.355 e. The maximum atomic E-state index is 4.31. The first-order valence-electron chi connectivity index (χ1n) is 7.59. The number of halogens is 2. The van der Waals surface area contributed by atoms with E-state index in [4.69, 9.17) is 0 Å². The van der Waals surface area contributed by atoms with Gasteiger partial charge in [-0.1, -0.05) is 28.1 Å². The van der Waals surface area contributed by atoms with Crippen LogP contribution in [0.15, 0.2) is 58.3 Å². The van der Waals surface area contributed by atoms with Crippen molar-refractivity contribution in [1.82, 2.24) is 15.2 Å². The van der Waals surface area contributed by atoms with Crippen molar-refractivity contribution < 1.29 is 0 Å². The predicted molar refractivity (Wildman–Crippen MR) is 110 cm³/mol. The van der Waals surface area contributed by atoms with E-state index in [1.807, 2.05) is 19.2 Å². The van der Waals surface area contributed by atoms with Crippen LogP contribution in [0.5, 0.6) is 0 Å². The molecule has 0 aliphatic heterocycles. The van der Waals surface area contributed by atoms with Crippen molar-refractivity contribution in [2.75, 3.05) is 13.6 Å². The third-order valence-corrected chi connectivity index (χ3v) is 4.49. The standard InChI is InChI=1S/C17H21BrN4.HI/c1-19-17(20-8-11-22-9-2-3-10-22)21-16-12-15(16)13-4-6-14(18)7-5-13;/h2-7,9-10,15-16H,8,11-12H2,1H3,(H2,19,20,21);1H. The molecule has 124 valence electrons. The van der Waals surface area contributed by atoms with E-state index in [0.717, 1.165) is 23.5 Å². The van der Waals surface area contributed by atoms with Crippen LogP contribution in [-0.2, 0) is 6.54 Å². The highest BCUT2D eigenvalue weighted by Gasteiger charge is 2.38. The highest BCUT2D eigenvalue weighted by atomic mass is 127. The molecule has 1 aromatic heterocycles. The molecule has 0 bridgehead atoms. The number of aromatic nitrogens is 1. The Hall–Kier alpha value is -1.02. The Bertz CT molecular complexity index is 625. The molecule has 0 amide bonds. The molecular formula is C17H22BrIN4. The fourth-order valence-electron chi connectivity index (χ4n) is 2.63. The second-order valence-electron chi connectivity index (χ2n) is 5.56. The average Bonchev–Trinajstić information content (AvgIpc) is 3.09. The summed E-state index contributed by atoms with van der Waals surface area (Å²) in [4.78, 5) is 4.31. The quantitative estimate of drug-likeness (QED) is 0.383. The van der Waals surface area contributed by atoms with Crippen molar-refractivity contribution in [2.45, 2.75) is 24.9 Å². The molecule has 1 saturated carbocycles. The van der Waals surface area contributed by atoms with E-state index >= 15 is 0 Å². The smallest absolute Gasteiger partial charge is 0.191 e. The SMILES string of the molecule is CN=C(NCCn1cccc1)NC1CC1c1ccc(Br)cc1.I. The van der Waals surface area contributed by atoms with E-state index in [0.29, 0.717) is 12.0 Å². The molecule has 2 N–H and O–H groups in total. The number of rotatable bonds is 5. The molecule has 2 unspecified atom stereocenters. The van der Waals surface area contributed by atoms with Crippen LogP contribution in [0, 0.1) is 0 Å². The zero-order chi connectivity index (χ0) is 15.4. The Morgan fingerprint density at radius 3 is 2.61 bits per heavy atom. The summed E-state index contributed by atoms with van der Waals surface area (Å²) in [6.07, 6.45) is 5.31. The van der Waals surface area contributed by atoms with E-state index in [2.05, 4.69) is 72.8 Å². The summed E-state index contributed by atoms with van der Waals surface area (Å²) >= 11 is 3.48. The second kappa shape index (κ2) is 8.73. The number of aliphatic imine (C=N–C) groups is 1. The third kappa shape index (κ3) is 5.24. The molecule has 6 heteroatoms. The summed E-state index contributed by atoms with van der Waals surface area (Å²) in [5.74, 6) is 1.48. The van der Waals surface area contributed by atoms with Gasteiger partial charge in [0.05, 0.1) is 0 Å². The third-order valence-electron chi connectivity index (χ3n) is 3.96. The Balaban J connectivity index is 0.00000192. The highest BCUT2D eigenvalue weighted by molar-refractivity contribution is 14.0. The first kappa shape index (κ1) is 18.3. The van der Waals surface area contributed by atoms with Gasteiger partial charge in [0, 0.05) is 49.0 Å². The minimum atomic E-state index is 0. The van der Waals surface area contributed by atoms with E-state index in [-0.39, 0.29) is 24.0 Å². The minimum Gasteiger partial charge on any atom is -0.355 e. The molecule has 3 rings (SSSR count). The number of benzene rings is 1. The van der Waals surface area contributed by atoms with Gasteiger partial charge in [0.15, 0.2) is 5.96 Å². The Morgan fingerprint density at radius 2 is 1.96 bits per heavy atom. The van der Waals surface area contributed by atoms with Crippen molar-refractivity contribution in [2.24, 2.45) is 4.99 Å². The van der Waals surface area contributed by atoms with Crippen LogP contribution < -0.4 is 10.6 Å². The van der Waals surface area contributed by atoms with Crippen LogP contribution in [0.4, 0.5) is 0 Å². The Labute approximate surface area is 162 Å². The molecular weight excluding hydrogens is 467 g/mol. The molecule has 0 spiro atoms. The molecule has 0 radical (unpaired) electrons. The van der Waals surface area contributed by atoms with Crippen LogP contribution in [0.1, 0.15) is 17.9 Å². The van der Waals surface area contributed by atoms with Gasteiger partial charge in [-0.25, -0.2) is 0 Å². The molecule has 2 atom stereocenters. The van der Waals surface area contributed by atoms with E-state index in [9.17, 15) is 0 Å². The fourth-order valence-corrected chi connectivity index (χ4v) is 2.89. The van der Waals surface area contributed by atoms with Crippen LogP contribution in [0.2, 0.25) is 0 Å². The van der Waals surface area contributed by atoms with E-state index in [1.165, 1.54) is 12.0 Å². The van der Waals surface area contributed by atoms with Crippen molar-refractivity contribution in [3.8, 4) is 0 Å². The summed E-state index contributed by atoms with van der Waals surface area (Å²) in [7, 11) is 1.82. The van der Waals surface area contributed by atoms with Gasteiger partial charge >= 0.3 is 0 Å².